The monoisotopic (exact) mass is 319 g/mol. The Morgan fingerprint density at radius 3 is 2.27 bits per heavy atom. The van der Waals surface area contributed by atoms with E-state index in [0.717, 1.165) is 11.1 Å². The van der Waals surface area contributed by atoms with E-state index in [4.69, 9.17) is 4.74 Å². The Balaban J connectivity index is 2.33. The number of hydrogen-bond acceptors (Lipinski definition) is 3. The first-order chi connectivity index (χ1) is 10.3. The van der Waals surface area contributed by atoms with Gasteiger partial charge in [-0.25, -0.2) is 13.1 Å². The van der Waals surface area contributed by atoms with Gasteiger partial charge in [0.25, 0.3) is 0 Å². The van der Waals surface area contributed by atoms with Crippen LogP contribution in [0.1, 0.15) is 29.7 Å². The van der Waals surface area contributed by atoms with Crippen molar-refractivity contribution in [3.05, 3.63) is 59.2 Å². The van der Waals surface area contributed by atoms with Crippen LogP contribution in [0, 0.1) is 13.8 Å². The predicted octanol–water partition coefficient (Wildman–Crippen LogP) is 3.35. The van der Waals surface area contributed by atoms with Crippen LogP contribution in [0.25, 0.3) is 0 Å². The van der Waals surface area contributed by atoms with Crippen molar-refractivity contribution in [3.8, 4) is 5.75 Å². The fourth-order valence-electron chi connectivity index (χ4n) is 2.38. The molecule has 0 fully saturated rings. The molecule has 0 aliphatic rings. The Hall–Kier alpha value is -1.85. The minimum absolute atomic E-state index is 0.286. The zero-order chi connectivity index (χ0) is 16.3. The van der Waals surface area contributed by atoms with Crippen molar-refractivity contribution in [2.45, 2.75) is 31.7 Å². The van der Waals surface area contributed by atoms with Gasteiger partial charge in [0.05, 0.1) is 12.0 Å². The third kappa shape index (κ3) is 3.48. The molecule has 0 aromatic heterocycles. The van der Waals surface area contributed by atoms with Gasteiger partial charge in [-0.3, -0.25) is 0 Å². The minimum Gasteiger partial charge on any atom is -0.496 e. The predicted molar refractivity (Wildman–Crippen MR) is 87.6 cm³/mol. The van der Waals surface area contributed by atoms with Crippen LogP contribution in [0.5, 0.6) is 5.75 Å². The van der Waals surface area contributed by atoms with Crippen LogP contribution in [-0.2, 0) is 10.0 Å². The Kier molecular flexibility index (Phi) is 4.88. The molecule has 0 saturated carbocycles. The van der Waals surface area contributed by atoms with Gasteiger partial charge < -0.3 is 4.74 Å². The summed E-state index contributed by atoms with van der Waals surface area (Å²) >= 11 is 0. The molecular formula is C17H21NO3S. The molecule has 2 aromatic rings. The maximum Gasteiger partial charge on any atom is 0.241 e. The molecule has 0 saturated heterocycles. The van der Waals surface area contributed by atoms with Crippen molar-refractivity contribution < 1.29 is 13.2 Å². The number of benzene rings is 2. The fourth-order valence-corrected chi connectivity index (χ4v) is 3.92. The number of nitrogens with one attached hydrogen (secondary N) is 1. The molecule has 0 unspecified atom stereocenters. The van der Waals surface area contributed by atoms with Crippen LogP contribution in [0.15, 0.2) is 47.4 Å². The van der Waals surface area contributed by atoms with Crippen molar-refractivity contribution >= 4 is 10.0 Å². The standard InChI is InChI=1S/C17H21NO3S/c1-12-11-17(13(2)10-16(12)21-4)22(19,20)18-14(3)15-8-6-5-7-9-15/h5-11,14,18H,1-4H3/t14-/m1/s1. The van der Waals surface area contributed by atoms with E-state index in [2.05, 4.69) is 4.72 Å². The van der Waals surface area contributed by atoms with Gasteiger partial charge in [0.15, 0.2) is 0 Å². The Labute approximate surface area is 132 Å². The summed E-state index contributed by atoms with van der Waals surface area (Å²) in [5.41, 5.74) is 2.38. The molecule has 0 aliphatic heterocycles. The third-order valence-corrected chi connectivity index (χ3v) is 5.30. The molecule has 0 radical (unpaired) electrons. The molecule has 0 heterocycles. The van der Waals surface area contributed by atoms with Crippen molar-refractivity contribution in [2.24, 2.45) is 0 Å². The second-order valence-corrected chi connectivity index (χ2v) is 7.02. The molecule has 0 aliphatic carbocycles. The number of sulfonamides is 1. The number of rotatable bonds is 5. The average Bonchev–Trinajstić information content (AvgIpc) is 2.49. The summed E-state index contributed by atoms with van der Waals surface area (Å²) < 4.78 is 33.2. The summed E-state index contributed by atoms with van der Waals surface area (Å²) in [7, 11) is -2.02. The van der Waals surface area contributed by atoms with Crippen LogP contribution in [0.3, 0.4) is 0 Å². The van der Waals surface area contributed by atoms with Crippen LogP contribution in [0.2, 0.25) is 0 Å². The quantitative estimate of drug-likeness (QED) is 0.919. The summed E-state index contributed by atoms with van der Waals surface area (Å²) in [4.78, 5) is 0.286. The maximum atomic E-state index is 12.6. The van der Waals surface area contributed by atoms with Crippen molar-refractivity contribution in [2.75, 3.05) is 7.11 Å². The van der Waals surface area contributed by atoms with Crippen LogP contribution in [-0.4, -0.2) is 15.5 Å². The Morgan fingerprint density at radius 2 is 1.68 bits per heavy atom. The van der Waals surface area contributed by atoms with Crippen molar-refractivity contribution in [1.82, 2.24) is 4.72 Å². The van der Waals surface area contributed by atoms with E-state index in [0.29, 0.717) is 11.3 Å². The van der Waals surface area contributed by atoms with Gasteiger partial charge in [0, 0.05) is 6.04 Å². The second-order valence-electron chi connectivity index (χ2n) is 5.34. The minimum atomic E-state index is -3.59. The average molecular weight is 319 g/mol. The van der Waals surface area contributed by atoms with Gasteiger partial charge in [0.1, 0.15) is 5.75 Å². The second kappa shape index (κ2) is 6.50. The van der Waals surface area contributed by atoms with Crippen LogP contribution < -0.4 is 9.46 Å². The summed E-state index contributed by atoms with van der Waals surface area (Å²) in [6.07, 6.45) is 0. The molecule has 5 heteroatoms. The largest absolute Gasteiger partial charge is 0.496 e. The van der Waals surface area contributed by atoms with E-state index in [1.54, 1.807) is 26.2 Å². The van der Waals surface area contributed by atoms with E-state index >= 15 is 0 Å². The molecule has 22 heavy (non-hydrogen) atoms. The highest BCUT2D eigenvalue weighted by atomic mass is 32.2. The van der Waals surface area contributed by atoms with E-state index in [-0.39, 0.29) is 10.9 Å². The topological polar surface area (TPSA) is 55.4 Å². The number of aryl methyl sites for hydroxylation is 2. The SMILES string of the molecule is COc1cc(C)c(S(=O)(=O)N[C@H](C)c2ccccc2)cc1C. The van der Waals surface area contributed by atoms with E-state index in [1.165, 1.54) is 0 Å². The first-order valence-electron chi connectivity index (χ1n) is 7.07. The van der Waals surface area contributed by atoms with Gasteiger partial charge in [-0.05, 0) is 49.6 Å². The highest BCUT2D eigenvalue weighted by Crippen LogP contribution is 2.26. The molecule has 4 nitrogen and oxygen atoms in total. The van der Waals surface area contributed by atoms with Gasteiger partial charge in [0.2, 0.25) is 10.0 Å². The maximum absolute atomic E-state index is 12.6. The molecule has 0 amide bonds. The number of methoxy groups -OCH3 is 1. The lowest BCUT2D eigenvalue weighted by molar-refractivity contribution is 0.411. The first-order valence-corrected chi connectivity index (χ1v) is 8.56. The van der Waals surface area contributed by atoms with Gasteiger partial charge in [-0.15, -0.1) is 0 Å². The van der Waals surface area contributed by atoms with Crippen LogP contribution in [0.4, 0.5) is 0 Å². The summed E-state index contributed by atoms with van der Waals surface area (Å²) in [6.45, 7) is 5.43. The molecule has 0 bridgehead atoms. The van der Waals surface area contributed by atoms with Crippen molar-refractivity contribution in [3.63, 3.8) is 0 Å². The van der Waals surface area contributed by atoms with E-state index in [9.17, 15) is 8.42 Å². The smallest absolute Gasteiger partial charge is 0.241 e. The normalized spacial score (nSPS) is 12.9. The Morgan fingerprint density at radius 1 is 1.05 bits per heavy atom. The lowest BCUT2D eigenvalue weighted by atomic mass is 10.1. The first kappa shape index (κ1) is 16.5. The summed E-state index contributed by atoms with van der Waals surface area (Å²) in [6, 6.07) is 12.6. The van der Waals surface area contributed by atoms with Gasteiger partial charge >= 0.3 is 0 Å². The van der Waals surface area contributed by atoms with Crippen LogP contribution >= 0.6 is 0 Å². The molecule has 0 spiro atoms. The van der Waals surface area contributed by atoms with E-state index in [1.807, 2.05) is 44.2 Å². The third-order valence-electron chi connectivity index (χ3n) is 3.61. The molecule has 2 rings (SSSR count). The summed E-state index contributed by atoms with van der Waals surface area (Å²) in [5.74, 6) is 0.688. The van der Waals surface area contributed by atoms with Gasteiger partial charge in [-0.1, -0.05) is 30.3 Å². The lowest BCUT2D eigenvalue weighted by Crippen LogP contribution is -2.27. The zero-order valence-electron chi connectivity index (χ0n) is 13.3. The Bertz CT molecular complexity index is 755. The molecule has 118 valence electrons. The van der Waals surface area contributed by atoms with Crippen molar-refractivity contribution in [1.29, 1.82) is 0 Å². The molecule has 1 atom stereocenters. The fraction of sp³-hybridized carbons (Fsp3) is 0.294. The zero-order valence-corrected chi connectivity index (χ0v) is 14.1. The number of ether oxygens (including phenoxy) is 1. The van der Waals surface area contributed by atoms with Gasteiger partial charge in [-0.2, -0.15) is 0 Å². The molecule has 1 N–H and O–H groups in total. The summed E-state index contributed by atoms with van der Waals surface area (Å²) in [5, 5.41) is 0. The highest BCUT2D eigenvalue weighted by Gasteiger charge is 2.21. The number of hydrogen-bond donors (Lipinski definition) is 1. The highest BCUT2D eigenvalue weighted by molar-refractivity contribution is 7.89. The lowest BCUT2D eigenvalue weighted by Gasteiger charge is -2.17. The van der Waals surface area contributed by atoms with E-state index < -0.39 is 10.0 Å². The molecule has 2 aromatic carbocycles. The molecular weight excluding hydrogens is 298 g/mol.